The highest BCUT2D eigenvalue weighted by Gasteiger charge is 2.43. The van der Waals surface area contributed by atoms with E-state index in [1.165, 1.54) is 25.5 Å². The lowest BCUT2D eigenvalue weighted by molar-refractivity contribution is -0.114. The molecule has 0 saturated heterocycles. The van der Waals surface area contributed by atoms with Gasteiger partial charge in [0.05, 0.1) is 22.8 Å². The van der Waals surface area contributed by atoms with Crippen molar-refractivity contribution in [1.82, 2.24) is 4.90 Å². The molecule has 0 saturated carbocycles. The molecule has 0 unspecified atom stereocenters. The highest BCUT2D eigenvalue weighted by molar-refractivity contribution is 8.16. The monoisotopic (exact) mass is 526 g/mol. The fraction of sp³-hybridized carbons (Fsp3) is 0.280. The summed E-state index contributed by atoms with van der Waals surface area (Å²) < 4.78 is 40.8. The van der Waals surface area contributed by atoms with Crippen molar-refractivity contribution in [2.24, 2.45) is 9.39 Å². The zero-order chi connectivity index (χ0) is 26.0. The number of ether oxygens (including phenoxy) is 2. The van der Waals surface area contributed by atoms with E-state index in [-0.39, 0.29) is 21.7 Å². The fourth-order valence-electron chi connectivity index (χ4n) is 3.49. The summed E-state index contributed by atoms with van der Waals surface area (Å²) in [6.07, 6.45) is 1.50. The molecular formula is C25H26N4O5S2. The Labute approximate surface area is 214 Å². The van der Waals surface area contributed by atoms with Crippen LogP contribution in [0.3, 0.4) is 0 Å². The van der Waals surface area contributed by atoms with Crippen molar-refractivity contribution >= 4 is 49.9 Å². The Morgan fingerprint density at radius 1 is 1.08 bits per heavy atom. The number of hydrogen-bond donors (Lipinski definition) is 1. The summed E-state index contributed by atoms with van der Waals surface area (Å²) in [7, 11) is -3.76. The first-order valence-electron chi connectivity index (χ1n) is 11.2. The van der Waals surface area contributed by atoms with Gasteiger partial charge in [-0.1, -0.05) is 29.8 Å². The van der Waals surface area contributed by atoms with E-state index < -0.39 is 21.0 Å². The Kier molecular flexibility index (Phi) is 7.32. The van der Waals surface area contributed by atoms with E-state index in [9.17, 15) is 13.2 Å². The molecule has 9 nitrogen and oxygen atoms in total. The fourth-order valence-corrected chi connectivity index (χ4v) is 5.56. The van der Waals surface area contributed by atoms with Gasteiger partial charge in [-0.3, -0.25) is 10.2 Å². The molecule has 36 heavy (non-hydrogen) atoms. The molecule has 2 aromatic carbocycles. The first-order chi connectivity index (χ1) is 17.1. The minimum atomic E-state index is -3.76. The van der Waals surface area contributed by atoms with Gasteiger partial charge in [0.25, 0.3) is 5.91 Å². The van der Waals surface area contributed by atoms with E-state index in [1.807, 2.05) is 26.0 Å². The summed E-state index contributed by atoms with van der Waals surface area (Å²) in [5.74, 6) is 0.547. The third-order valence-corrected chi connectivity index (χ3v) is 8.34. The highest BCUT2D eigenvalue weighted by Crippen LogP contribution is 2.31. The van der Waals surface area contributed by atoms with Crippen LogP contribution in [0.4, 0.5) is 0 Å². The van der Waals surface area contributed by atoms with Gasteiger partial charge in [0.2, 0.25) is 20.2 Å². The van der Waals surface area contributed by atoms with Crippen LogP contribution in [-0.4, -0.2) is 53.9 Å². The van der Waals surface area contributed by atoms with Crippen LogP contribution in [0.5, 0.6) is 11.5 Å². The Hall–Kier alpha value is -3.44. The second-order valence-corrected chi connectivity index (χ2v) is 11.7. The number of nitrogens with one attached hydrogen (secondary N) is 1. The maximum Gasteiger partial charge on any atom is 0.283 e. The molecule has 2 aromatic rings. The minimum Gasteiger partial charge on any atom is -0.490 e. The molecule has 0 spiro atoms. The van der Waals surface area contributed by atoms with E-state index in [4.69, 9.17) is 14.9 Å². The van der Waals surface area contributed by atoms with E-state index in [0.29, 0.717) is 24.5 Å². The molecule has 2 heterocycles. The molecule has 11 heteroatoms. The predicted molar refractivity (Wildman–Crippen MR) is 142 cm³/mol. The zero-order valence-electron chi connectivity index (χ0n) is 20.3. The van der Waals surface area contributed by atoms with Crippen LogP contribution < -0.4 is 9.47 Å². The summed E-state index contributed by atoms with van der Waals surface area (Å²) in [5.41, 5.74) is 2.86. The first kappa shape index (κ1) is 25.6. The van der Waals surface area contributed by atoms with E-state index in [0.717, 1.165) is 28.2 Å². The van der Waals surface area contributed by atoms with Crippen molar-refractivity contribution in [3.63, 3.8) is 0 Å². The number of amides is 1. The summed E-state index contributed by atoms with van der Waals surface area (Å²) in [5, 5.41) is 7.57. The number of fused-ring (bicyclic) bond motifs is 1. The average molecular weight is 527 g/mol. The SMILES string of the molecule is Cc1ccc(OCCOc2ccc(/C=C3/C(=N)N4C(=NC3=O)SN=C4S(=O)(=O)C(C)C)cc2)c(C)c1. The van der Waals surface area contributed by atoms with E-state index in [2.05, 4.69) is 15.5 Å². The lowest BCUT2D eigenvalue weighted by Gasteiger charge is -2.25. The molecule has 0 fully saturated rings. The Morgan fingerprint density at radius 3 is 2.44 bits per heavy atom. The van der Waals surface area contributed by atoms with Crippen molar-refractivity contribution in [3.05, 3.63) is 64.7 Å². The van der Waals surface area contributed by atoms with Gasteiger partial charge in [0.1, 0.15) is 30.5 Å². The third kappa shape index (κ3) is 5.21. The molecule has 1 amide bonds. The van der Waals surface area contributed by atoms with Crippen LogP contribution in [0.2, 0.25) is 0 Å². The van der Waals surface area contributed by atoms with Gasteiger partial charge < -0.3 is 9.47 Å². The molecule has 0 aliphatic carbocycles. The molecule has 0 aromatic heterocycles. The summed E-state index contributed by atoms with van der Waals surface area (Å²) in [6, 6.07) is 13.0. The molecular weight excluding hydrogens is 500 g/mol. The minimum absolute atomic E-state index is 0.0246. The van der Waals surface area contributed by atoms with Crippen LogP contribution in [-0.2, 0) is 14.6 Å². The largest absolute Gasteiger partial charge is 0.490 e. The van der Waals surface area contributed by atoms with Crippen molar-refractivity contribution in [2.45, 2.75) is 32.9 Å². The van der Waals surface area contributed by atoms with Gasteiger partial charge >= 0.3 is 0 Å². The van der Waals surface area contributed by atoms with Crippen molar-refractivity contribution < 1.29 is 22.7 Å². The van der Waals surface area contributed by atoms with E-state index >= 15 is 0 Å². The van der Waals surface area contributed by atoms with Crippen LogP contribution in [0.1, 0.15) is 30.5 Å². The molecule has 2 aliphatic heterocycles. The van der Waals surface area contributed by atoms with Crippen LogP contribution >= 0.6 is 11.9 Å². The number of carbonyl (C=O) groups is 1. The molecule has 0 radical (unpaired) electrons. The topological polar surface area (TPSA) is 121 Å². The number of aliphatic imine (C=N–C) groups is 1. The Morgan fingerprint density at radius 2 is 1.78 bits per heavy atom. The standard InChI is InChI=1S/C25H26N4O5S2/c1-15(2)36(31,32)25-28-35-24-27-23(30)20(22(26)29(24)25)14-18-6-8-19(9-7-18)33-11-12-34-21-10-5-16(3)13-17(21)4/h5-10,13-15,26H,11-12H2,1-4H3/b20-14-,26-22?. The van der Waals surface area contributed by atoms with E-state index in [1.54, 1.807) is 24.3 Å². The summed E-state index contributed by atoms with van der Waals surface area (Å²) >= 11 is 0.775. The van der Waals surface area contributed by atoms with Crippen molar-refractivity contribution in [2.75, 3.05) is 13.2 Å². The lowest BCUT2D eigenvalue weighted by atomic mass is 10.1. The number of rotatable bonds is 7. The van der Waals surface area contributed by atoms with Crippen LogP contribution in [0, 0.1) is 19.3 Å². The Balaban J connectivity index is 1.42. The number of amidine groups is 3. The van der Waals surface area contributed by atoms with Gasteiger partial charge in [-0.25, -0.2) is 13.3 Å². The van der Waals surface area contributed by atoms with Gasteiger partial charge in [0, 0.05) is 0 Å². The number of aryl methyl sites for hydroxylation is 2. The van der Waals surface area contributed by atoms with Crippen LogP contribution in [0.15, 0.2) is 57.4 Å². The quantitative estimate of drug-likeness (QED) is 0.327. The van der Waals surface area contributed by atoms with Gasteiger partial charge in [-0.05, 0) is 63.1 Å². The number of hydrogen-bond acceptors (Lipinski definition) is 8. The molecule has 1 N–H and O–H groups in total. The molecule has 4 rings (SSSR count). The normalized spacial score (nSPS) is 16.8. The summed E-state index contributed by atoms with van der Waals surface area (Å²) in [6.45, 7) is 7.84. The number of sulfone groups is 1. The van der Waals surface area contributed by atoms with Gasteiger partial charge in [-0.15, -0.1) is 0 Å². The average Bonchev–Trinajstić information content (AvgIpc) is 3.26. The highest BCUT2D eigenvalue weighted by atomic mass is 32.2. The molecule has 0 bridgehead atoms. The lowest BCUT2D eigenvalue weighted by Crippen LogP contribution is -2.46. The molecule has 188 valence electrons. The summed E-state index contributed by atoms with van der Waals surface area (Å²) in [4.78, 5) is 17.6. The zero-order valence-corrected chi connectivity index (χ0v) is 21.9. The third-order valence-electron chi connectivity index (χ3n) is 5.50. The second-order valence-electron chi connectivity index (χ2n) is 8.54. The maximum atomic E-state index is 12.7. The number of nitrogens with zero attached hydrogens (tertiary/aromatic N) is 3. The van der Waals surface area contributed by atoms with Crippen LogP contribution in [0.25, 0.3) is 6.08 Å². The number of benzene rings is 2. The first-order valence-corrected chi connectivity index (χ1v) is 13.6. The van der Waals surface area contributed by atoms with Gasteiger partial charge in [-0.2, -0.15) is 9.39 Å². The molecule has 0 atom stereocenters. The predicted octanol–water partition coefficient (Wildman–Crippen LogP) is 4.16. The van der Waals surface area contributed by atoms with Crippen molar-refractivity contribution in [1.29, 1.82) is 5.41 Å². The Bertz CT molecular complexity index is 1410. The maximum absolute atomic E-state index is 12.7. The smallest absolute Gasteiger partial charge is 0.283 e. The second kappa shape index (κ2) is 10.3. The van der Waals surface area contributed by atoms with Gasteiger partial charge in [0.15, 0.2) is 0 Å². The molecule has 2 aliphatic rings. The number of carbonyl (C=O) groups excluding carboxylic acids is 1. The van der Waals surface area contributed by atoms with Crippen molar-refractivity contribution in [3.8, 4) is 11.5 Å².